The van der Waals surface area contributed by atoms with E-state index in [1.807, 2.05) is 4.90 Å². The summed E-state index contributed by atoms with van der Waals surface area (Å²) in [6, 6.07) is 8.86. The smallest absolute Gasteiger partial charge is 0.223 e. The second-order valence-corrected chi connectivity index (χ2v) is 7.13. The maximum absolute atomic E-state index is 12.1. The van der Waals surface area contributed by atoms with Gasteiger partial charge in [-0.2, -0.15) is 0 Å². The first-order chi connectivity index (χ1) is 10.1. The van der Waals surface area contributed by atoms with Crippen LogP contribution in [-0.2, 0) is 11.3 Å². The van der Waals surface area contributed by atoms with Crippen LogP contribution in [0.3, 0.4) is 0 Å². The number of carbonyl (C=O) groups is 1. The van der Waals surface area contributed by atoms with Gasteiger partial charge in [-0.25, -0.2) is 0 Å². The van der Waals surface area contributed by atoms with Crippen molar-refractivity contribution in [2.24, 2.45) is 5.92 Å². The van der Waals surface area contributed by atoms with Crippen LogP contribution >= 0.6 is 11.8 Å². The van der Waals surface area contributed by atoms with Gasteiger partial charge in [-0.05, 0) is 24.3 Å². The fraction of sp³-hybridized carbons (Fsp3) is 0.588. The topological polar surface area (TPSA) is 24.8 Å². The van der Waals surface area contributed by atoms with Gasteiger partial charge in [0.05, 0.1) is 26.2 Å². The Kier molecular flexibility index (Phi) is 6.12. The number of quaternary nitrogens is 1. The van der Waals surface area contributed by atoms with Gasteiger partial charge in [0.25, 0.3) is 0 Å². The van der Waals surface area contributed by atoms with E-state index in [1.165, 1.54) is 10.5 Å². The van der Waals surface area contributed by atoms with Crippen LogP contribution in [0.15, 0.2) is 29.2 Å². The van der Waals surface area contributed by atoms with E-state index in [1.54, 1.807) is 16.7 Å². The van der Waals surface area contributed by atoms with Gasteiger partial charge in [-0.1, -0.05) is 26.0 Å². The van der Waals surface area contributed by atoms with Gasteiger partial charge < -0.3 is 9.80 Å². The van der Waals surface area contributed by atoms with Crippen molar-refractivity contribution in [2.75, 3.05) is 32.4 Å². The summed E-state index contributed by atoms with van der Waals surface area (Å²) in [5.74, 6) is 0.784. The first-order valence-corrected chi connectivity index (χ1v) is 9.05. The molecule has 21 heavy (non-hydrogen) atoms. The van der Waals surface area contributed by atoms with E-state index in [0.29, 0.717) is 18.2 Å². The zero-order chi connectivity index (χ0) is 15.2. The van der Waals surface area contributed by atoms with Crippen molar-refractivity contribution in [3.8, 4) is 0 Å². The van der Waals surface area contributed by atoms with Crippen molar-refractivity contribution in [2.45, 2.75) is 31.7 Å². The average molecular weight is 307 g/mol. The molecule has 3 nitrogen and oxygen atoms in total. The lowest BCUT2D eigenvalue weighted by Crippen LogP contribution is -3.13. The largest absolute Gasteiger partial charge is 0.331 e. The quantitative estimate of drug-likeness (QED) is 0.837. The lowest BCUT2D eigenvalue weighted by Gasteiger charge is -2.32. The molecule has 116 valence electrons. The highest BCUT2D eigenvalue weighted by molar-refractivity contribution is 7.98. The van der Waals surface area contributed by atoms with E-state index in [0.717, 1.165) is 32.7 Å². The standard InChI is InChI=1S/C17H26N2OS/c1-14(2)12-17(20)19-10-8-18(9-11-19)13-15-4-6-16(21-3)7-5-15/h4-7,14H,8-13H2,1-3H3/p+1. The Balaban J connectivity index is 1.79. The van der Waals surface area contributed by atoms with Crippen LogP contribution in [0.25, 0.3) is 0 Å². The lowest BCUT2D eigenvalue weighted by atomic mass is 10.1. The summed E-state index contributed by atoms with van der Waals surface area (Å²) in [4.78, 5) is 17.0. The van der Waals surface area contributed by atoms with Crippen LogP contribution in [-0.4, -0.2) is 43.2 Å². The Hall–Kier alpha value is -1.00. The van der Waals surface area contributed by atoms with Crippen LogP contribution in [0.2, 0.25) is 0 Å². The lowest BCUT2D eigenvalue weighted by molar-refractivity contribution is -0.917. The Morgan fingerprint density at radius 2 is 1.86 bits per heavy atom. The number of hydrogen-bond acceptors (Lipinski definition) is 2. The van der Waals surface area contributed by atoms with E-state index in [4.69, 9.17) is 0 Å². The maximum atomic E-state index is 12.1. The number of benzene rings is 1. The average Bonchev–Trinajstić information content (AvgIpc) is 2.48. The SMILES string of the molecule is CSc1ccc(C[NH+]2CCN(C(=O)CC(C)C)CC2)cc1. The first-order valence-electron chi connectivity index (χ1n) is 7.82. The molecule has 0 bridgehead atoms. The summed E-state index contributed by atoms with van der Waals surface area (Å²) in [6.07, 6.45) is 2.79. The van der Waals surface area contributed by atoms with E-state index in [9.17, 15) is 4.79 Å². The van der Waals surface area contributed by atoms with Crippen LogP contribution in [0.1, 0.15) is 25.8 Å². The molecule has 1 aliphatic heterocycles. The van der Waals surface area contributed by atoms with Gasteiger partial charge in [0.1, 0.15) is 6.54 Å². The van der Waals surface area contributed by atoms with Gasteiger partial charge in [0.15, 0.2) is 0 Å². The van der Waals surface area contributed by atoms with Gasteiger partial charge >= 0.3 is 0 Å². The monoisotopic (exact) mass is 307 g/mol. The summed E-state index contributed by atoms with van der Waals surface area (Å²) in [7, 11) is 0. The minimum absolute atomic E-state index is 0.327. The molecule has 1 heterocycles. The predicted molar refractivity (Wildman–Crippen MR) is 88.7 cm³/mol. The van der Waals surface area contributed by atoms with Crippen LogP contribution < -0.4 is 4.90 Å². The highest BCUT2D eigenvalue weighted by atomic mass is 32.2. The summed E-state index contributed by atoms with van der Waals surface area (Å²) < 4.78 is 0. The molecule has 1 aromatic carbocycles. The number of piperazine rings is 1. The van der Waals surface area contributed by atoms with E-state index < -0.39 is 0 Å². The summed E-state index contributed by atoms with van der Waals surface area (Å²) in [6.45, 7) is 9.23. The number of rotatable bonds is 5. The third-order valence-corrected chi connectivity index (χ3v) is 4.76. The maximum Gasteiger partial charge on any atom is 0.223 e. The van der Waals surface area contributed by atoms with Crippen molar-refractivity contribution in [3.05, 3.63) is 29.8 Å². The number of amides is 1. The van der Waals surface area contributed by atoms with Gasteiger partial charge in [-0.15, -0.1) is 11.8 Å². The predicted octanol–water partition coefficient (Wildman–Crippen LogP) is 1.68. The Morgan fingerprint density at radius 1 is 1.24 bits per heavy atom. The Labute approximate surface area is 132 Å². The third-order valence-electron chi connectivity index (χ3n) is 4.02. The molecule has 1 saturated heterocycles. The molecule has 1 N–H and O–H groups in total. The third kappa shape index (κ3) is 5.04. The molecule has 2 rings (SSSR count). The molecule has 0 atom stereocenters. The number of nitrogens with zero attached hydrogens (tertiary/aromatic N) is 1. The zero-order valence-corrected chi connectivity index (χ0v) is 14.2. The molecule has 0 aliphatic carbocycles. The summed E-state index contributed by atoms with van der Waals surface area (Å²) in [5.41, 5.74) is 1.39. The normalized spacial score (nSPS) is 16.5. The highest BCUT2D eigenvalue weighted by Gasteiger charge is 2.23. The number of carbonyl (C=O) groups excluding carboxylic acids is 1. The fourth-order valence-corrected chi connectivity index (χ4v) is 3.17. The Morgan fingerprint density at radius 3 is 2.38 bits per heavy atom. The van der Waals surface area contributed by atoms with Crippen molar-refractivity contribution in [1.29, 1.82) is 0 Å². The van der Waals surface area contributed by atoms with Crippen LogP contribution in [0.5, 0.6) is 0 Å². The molecule has 0 saturated carbocycles. The summed E-state index contributed by atoms with van der Waals surface area (Å²) in [5, 5.41) is 0. The zero-order valence-electron chi connectivity index (χ0n) is 13.4. The van der Waals surface area contributed by atoms with E-state index >= 15 is 0 Å². The van der Waals surface area contributed by atoms with E-state index in [-0.39, 0.29) is 0 Å². The highest BCUT2D eigenvalue weighted by Crippen LogP contribution is 2.14. The van der Waals surface area contributed by atoms with Crippen molar-refractivity contribution >= 4 is 17.7 Å². The minimum Gasteiger partial charge on any atom is -0.331 e. The van der Waals surface area contributed by atoms with Gasteiger partial charge in [0, 0.05) is 16.9 Å². The fourth-order valence-electron chi connectivity index (χ4n) is 2.76. The number of hydrogen-bond donors (Lipinski definition) is 1. The molecule has 1 fully saturated rings. The van der Waals surface area contributed by atoms with Gasteiger partial charge in [-0.3, -0.25) is 4.79 Å². The molecule has 1 amide bonds. The first kappa shape index (κ1) is 16.4. The molecule has 0 spiro atoms. The van der Waals surface area contributed by atoms with Crippen molar-refractivity contribution in [3.63, 3.8) is 0 Å². The van der Waals surface area contributed by atoms with Crippen molar-refractivity contribution in [1.82, 2.24) is 4.90 Å². The molecule has 1 aromatic rings. The molecule has 0 unspecified atom stereocenters. The van der Waals surface area contributed by atoms with E-state index in [2.05, 4.69) is 44.4 Å². The minimum atomic E-state index is 0.327. The molecule has 4 heteroatoms. The summed E-state index contributed by atoms with van der Waals surface area (Å²) >= 11 is 1.78. The molecular weight excluding hydrogens is 280 g/mol. The second-order valence-electron chi connectivity index (χ2n) is 6.25. The molecule has 1 aliphatic rings. The Bertz CT molecular complexity index is 450. The van der Waals surface area contributed by atoms with Crippen LogP contribution in [0.4, 0.5) is 0 Å². The molecule has 0 aromatic heterocycles. The van der Waals surface area contributed by atoms with Crippen LogP contribution in [0, 0.1) is 5.92 Å². The van der Waals surface area contributed by atoms with Crippen molar-refractivity contribution < 1.29 is 9.69 Å². The number of thioether (sulfide) groups is 1. The number of nitrogens with one attached hydrogen (secondary N) is 1. The molecular formula is C17H27N2OS+. The second kappa shape index (κ2) is 7.85. The molecule has 0 radical (unpaired) electrons. The van der Waals surface area contributed by atoms with Gasteiger partial charge in [0.2, 0.25) is 5.91 Å².